The average Bonchev–Trinajstić information content (AvgIpc) is 2.15. The molecule has 0 fully saturated rings. The lowest BCUT2D eigenvalue weighted by atomic mass is 10.1. The molecule has 2 amide bonds. The van der Waals surface area contributed by atoms with Gasteiger partial charge in [-0.3, -0.25) is 0 Å². The minimum Gasteiger partial charge on any atom is -0.350 e. The van der Waals surface area contributed by atoms with Gasteiger partial charge in [0.25, 0.3) is 0 Å². The van der Waals surface area contributed by atoms with Crippen molar-refractivity contribution in [2.45, 2.75) is 6.42 Å². The maximum absolute atomic E-state index is 10.5. The molecule has 13 heavy (non-hydrogen) atoms. The monoisotopic (exact) mass is 198 g/mol. The van der Waals surface area contributed by atoms with Crippen molar-refractivity contribution in [3.05, 3.63) is 35.9 Å². The van der Waals surface area contributed by atoms with Crippen LogP contribution in [-0.2, 0) is 6.42 Å². The van der Waals surface area contributed by atoms with Crippen LogP contribution >= 0.6 is 11.8 Å². The van der Waals surface area contributed by atoms with Crippen molar-refractivity contribution in [3.63, 3.8) is 0 Å². The molecule has 0 saturated carbocycles. The Morgan fingerprint density at radius 2 is 2.00 bits per heavy atom. The second-order valence-corrected chi connectivity index (χ2v) is 3.07. The fourth-order valence-electron chi connectivity index (χ4n) is 0.982. The van der Waals surface area contributed by atoms with Gasteiger partial charge in [-0.15, -0.1) is 0 Å². The molecular formula is C9H11ClN2O. The SMILES string of the molecule is NC(=O)N(Cl)CCc1ccccc1. The number of nitrogens with two attached hydrogens (primary N) is 1. The van der Waals surface area contributed by atoms with Gasteiger partial charge in [0.05, 0.1) is 0 Å². The van der Waals surface area contributed by atoms with Crippen LogP contribution in [0.5, 0.6) is 0 Å². The molecule has 0 bridgehead atoms. The summed E-state index contributed by atoms with van der Waals surface area (Å²) in [5.74, 6) is 0. The molecular weight excluding hydrogens is 188 g/mol. The number of carbonyl (C=O) groups is 1. The van der Waals surface area contributed by atoms with Crippen LogP contribution in [-0.4, -0.2) is 17.0 Å². The second-order valence-electron chi connectivity index (χ2n) is 2.66. The van der Waals surface area contributed by atoms with Crippen molar-refractivity contribution in [1.82, 2.24) is 4.42 Å². The van der Waals surface area contributed by atoms with Crippen molar-refractivity contribution in [1.29, 1.82) is 0 Å². The fraction of sp³-hybridized carbons (Fsp3) is 0.222. The highest BCUT2D eigenvalue weighted by atomic mass is 35.5. The maximum Gasteiger partial charge on any atom is 0.329 e. The molecule has 0 aromatic heterocycles. The topological polar surface area (TPSA) is 46.3 Å². The minimum atomic E-state index is -0.613. The van der Waals surface area contributed by atoms with Crippen LogP contribution < -0.4 is 5.73 Å². The molecule has 1 rings (SSSR count). The summed E-state index contributed by atoms with van der Waals surface area (Å²) in [6, 6.07) is 9.17. The highest BCUT2D eigenvalue weighted by Crippen LogP contribution is 2.02. The summed E-state index contributed by atoms with van der Waals surface area (Å²) >= 11 is 5.52. The van der Waals surface area contributed by atoms with Gasteiger partial charge in [0.1, 0.15) is 0 Å². The molecule has 0 saturated heterocycles. The number of benzene rings is 1. The summed E-state index contributed by atoms with van der Waals surface area (Å²) in [5.41, 5.74) is 6.09. The summed E-state index contributed by atoms with van der Waals surface area (Å²) in [5, 5.41) is 0. The van der Waals surface area contributed by atoms with Gasteiger partial charge in [-0.2, -0.15) is 0 Å². The number of rotatable bonds is 3. The minimum absolute atomic E-state index is 0.431. The van der Waals surface area contributed by atoms with E-state index in [2.05, 4.69) is 0 Å². The largest absolute Gasteiger partial charge is 0.350 e. The van der Waals surface area contributed by atoms with E-state index in [1.165, 1.54) is 0 Å². The van der Waals surface area contributed by atoms with E-state index in [1.807, 2.05) is 30.3 Å². The first-order chi connectivity index (χ1) is 6.20. The van der Waals surface area contributed by atoms with Crippen LogP contribution in [0, 0.1) is 0 Å². The molecule has 1 aromatic carbocycles. The Labute approximate surface area is 82.2 Å². The number of urea groups is 1. The third-order valence-electron chi connectivity index (χ3n) is 1.68. The molecule has 0 radical (unpaired) electrons. The lowest BCUT2D eigenvalue weighted by Gasteiger charge is -2.09. The second kappa shape index (κ2) is 4.72. The van der Waals surface area contributed by atoms with Gasteiger partial charge < -0.3 is 5.73 Å². The van der Waals surface area contributed by atoms with Crippen molar-refractivity contribution >= 4 is 17.8 Å². The average molecular weight is 199 g/mol. The smallest absolute Gasteiger partial charge is 0.329 e. The van der Waals surface area contributed by atoms with E-state index < -0.39 is 6.03 Å². The van der Waals surface area contributed by atoms with E-state index in [0.717, 1.165) is 9.98 Å². The maximum atomic E-state index is 10.5. The standard InChI is InChI=1S/C9H11ClN2O/c10-12(9(11)13)7-6-8-4-2-1-3-5-8/h1-5H,6-7H2,(H2,11,13). The van der Waals surface area contributed by atoms with Crippen LogP contribution in [0.2, 0.25) is 0 Å². The Kier molecular flexibility index (Phi) is 3.58. The number of hydrogen-bond donors (Lipinski definition) is 1. The number of nitrogens with zero attached hydrogens (tertiary/aromatic N) is 1. The third-order valence-corrected chi connectivity index (χ3v) is 2.01. The van der Waals surface area contributed by atoms with Crippen LogP contribution in [0.4, 0.5) is 4.79 Å². The van der Waals surface area contributed by atoms with Gasteiger partial charge >= 0.3 is 6.03 Å². The Hall–Kier alpha value is -1.22. The molecule has 70 valence electrons. The molecule has 1 aromatic rings. The first-order valence-electron chi connectivity index (χ1n) is 3.97. The normalized spacial score (nSPS) is 9.62. The fourth-order valence-corrected chi connectivity index (χ4v) is 1.07. The summed E-state index contributed by atoms with van der Waals surface area (Å²) in [6.07, 6.45) is 0.716. The summed E-state index contributed by atoms with van der Waals surface area (Å²) < 4.78 is 0.979. The summed E-state index contributed by atoms with van der Waals surface area (Å²) in [6.45, 7) is 0.431. The van der Waals surface area contributed by atoms with Gasteiger partial charge in [0.2, 0.25) is 0 Å². The van der Waals surface area contributed by atoms with Crippen molar-refractivity contribution in [3.8, 4) is 0 Å². The van der Waals surface area contributed by atoms with Crippen molar-refractivity contribution < 1.29 is 4.79 Å². The van der Waals surface area contributed by atoms with Crippen LogP contribution in [0.25, 0.3) is 0 Å². The lowest BCUT2D eigenvalue weighted by Crippen LogP contribution is -2.29. The van der Waals surface area contributed by atoms with Crippen molar-refractivity contribution in [2.75, 3.05) is 6.54 Å². The van der Waals surface area contributed by atoms with Gasteiger partial charge in [0, 0.05) is 18.3 Å². The van der Waals surface area contributed by atoms with E-state index in [1.54, 1.807) is 0 Å². The molecule has 0 aliphatic heterocycles. The van der Waals surface area contributed by atoms with Gasteiger partial charge in [0.15, 0.2) is 0 Å². The first-order valence-corrected chi connectivity index (χ1v) is 4.30. The summed E-state index contributed by atoms with van der Waals surface area (Å²) in [4.78, 5) is 10.5. The van der Waals surface area contributed by atoms with E-state index in [9.17, 15) is 4.79 Å². The molecule has 0 spiro atoms. The van der Waals surface area contributed by atoms with Crippen molar-refractivity contribution in [2.24, 2.45) is 5.73 Å². The Bertz CT molecular complexity index is 276. The van der Waals surface area contributed by atoms with Crippen LogP contribution in [0.15, 0.2) is 30.3 Å². The molecule has 3 nitrogen and oxygen atoms in total. The Morgan fingerprint density at radius 1 is 1.38 bits per heavy atom. The van der Waals surface area contributed by atoms with E-state index in [4.69, 9.17) is 17.5 Å². The molecule has 2 N–H and O–H groups in total. The molecule has 0 aliphatic rings. The zero-order chi connectivity index (χ0) is 9.68. The number of primary amides is 1. The number of hydrogen-bond acceptors (Lipinski definition) is 1. The van der Waals surface area contributed by atoms with Crippen LogP contribution in [0.1, 0.15) is 5.56 Å². The third kappa shape index (κ3) is 3.34. The Morgan fingerprint density at radius 3 is 2.54 bits per heavy atom. The highest BCUT2D eigenvalue weighted by Gasteiger charge is 2.04. The molecule has 0 unspecified atom stereocenters. The number of carbonyl (C=O) groups excluding carboxylic acids is 1. The summed E-state index contributed by atoms with van der Waals surface area (Å²) in [7, 11) is 0. The number of amides is 2. The zero-order valence-corrected chi connectivity index (χ0v) is 7.87. The zero-order valence-electron chi connectivity index (χ0n) is 7.11. The molecule has 0 atom stereocenters. The highest BCUT2D eigenvalue weighted by molar-refractivity contribution is 6.20. The molecule has 4 heteroatoms. The van der Waals surface area contributed by atoms with Crippen LogP contribution in [0.3, 0.4) is 0 Å². The predicted octanol–water partition coefficient (Wildman–Crippen LogP) is 1.76. The van der Waals surface area contributed by atoms with E-state index in [0.29, 0.717) is 13.0 Å². The van der Waals surface area contributed by atoms with E-state index in [-0.39, 0.29) is 0 Å². The Balaban J connectivity index is 2.39. The number of halogens is 1. The van der Waals surface area contributed by atoms with Gasteiger partial charge in [-0.1, -0.05) is 30.3 Å². The molecule has 0 heterocycles. The predicted molar refractivity (Wildman–Crippen MR) is 52.3 cm³/mol. The molecule has 0 aliphatic carbocycles. The lowest BCUT2D eigenvalue weighted by molar-refractivity contribution is 0.233. The quantitative estimate of drug-likeness (QED) is 0.740. The first kappa shape index (κ1) is 9.86. The van der Waals surface area contributed by atoms with Gasteiger partial charge in [-0.25, -0.2) is 9.21 Å². The van der Waals surface area contributed by atoms with E-state index >= 15 is 0 Å². The van der Waals surface area contributed by atoms with Gasteiger partial charge in [-0.05, 0) is 12.0 Å².